The Morgan fingerprint density at radius 1 is 1.28 bits per heavy atom. The Bertz CT molecular complexity index is 528. The average Bonchev–Trinajstić information content (AvgIpc) is 2.91. The minimum Gasteiger partial charge on any atom is -0.486 e. The van der Waals surface area contributed by atoms with Crippen LogP contribution in [0.3, 0.4) is 0 Å². The Morgan fingerprint density at radius 2 is 2.11 bits per heavy atom. The quantitative estimate of drug-likeness (QED) is 0.887. The molecule has 0 saturated carbocycles. The zero-order valence-electron chi connectivity index (χ0n) is 9.73. The highest BCUT2D eigenvalue weighted by atomic mass is 79.9. The van der Waals surface area contributed by atoms with Crippen molar-refractivity contribution in [3.8, 4) is 11.5 Å². The summed E-state index contributed by atoms with van der Waals surface area (Å²) in [4.78, 5) is 7.54. The fourth-order valence-electron chi connectivity index (χ4n) is 1.95. The van der Waals surface area contributed by atoms with Crippen molar-refractivity contribution in [2.75, 3.05) is 13.2 Å². The van der Waals surface area contributed by atoms with Crippen LogP contribution in [-0.2, 0) is 6.42 Å². The summed E-state index contributed by atoms with van der Waals surface area (Å²) in [5, 5.41) is 0. The molecule has 1 aliphatic heterocycles. The molecule has 1 N–H and O–H groups in total. The highest BCUT2D eigenvalue weighted by molar-refractivity contribution is 9.09. The zero-order valence-corrected chi connectivity index (χ0v) is 11.3. The van der Waals surface area contributed by atoms with E-state index >= 15 is 0 Å². The Labute approximate surface area is 113 Å². The summed E-state index contributed by atoms with van der Waals surface area (Å²) >= 11 is 3.68. The van der Waals surface area contributed by atoms with Gasteiger partial charge in [0.2, 0.25) is 0 Å². The van der Waals surface area contributed by atoms with Gasteiger partial charge in [-0.1, -0.05) is 22.0 Å². The second-order valence-corrected chi connectivity index (χ2v) is 5.22. The van der Waals surface area contributed by atoms with Crippen molar-refractivity contribution in [2.45, 2.75) is 11.2 Å². The second-order valence-electron chi connectivity index (χ2n) is 4.11. The van der Waals surface area contributed by atoms with E-state index in [0.717, 1.165) is 29.3 Å². The lowest BCUT2D eigenvalue weighted by molar-refractivity contribution is 0.171. The SMILES string of the molecule is BrC(Cc1ncc[nH]1)c1ccc2c(c1)OCCO2. The fraction of sp³-hybridized carbons (Fsp3) is 0.308. The first kappa shape index (κ1) is 11.6. The predicted octanol–water partition coefficient (Wildman–Crippen LogP) is 2.86. The van der Waals surface area contributed by atoms with Gasteiger partial charge in [-0.25, -0.2) is 4.98 Å². The van der Waals surface area contributed by atoms with Gasteiger partial charge in [-0.15, -0.1) is 0 Å². The standard InChI is InChI=1S/C13H13BrN2O2/c14-10(8-13-15-3-4-16-13)9-1-2-11-12(7-9)18-6-5-17-11/h1-4,7,10H,5-6,8H2,(H,15,16). The van der Waals surface area contributed by atoms with Crippen LogP contribution in [0.5, 0.6) is 11.5 Å². The van der Waals surface area contributed by atoms with E-state index in [1.165, 1.54) is 0 Å². The Balaban J connectivity index is 1.79. The van der Waals surface area contributed by atoms with E-state index < -0.39 is 0 Å². The van der Waals surface area contributed by atoms with Crippen molar-refractivity contribution in [1.82, 2.24) is 9.97 Å². The maximum Gasteiger partial charge on any atom is 0.161 e. The molecule has 1 atom stereocenters. The first-order chi connectivity index (χ1) is 8.83. The average molecular weight is 309 g/mol. The lowest BCUT2D eigenvalue weighted by Crippen LogP contribution is -2.15. The smallest absolute Gasteiger partial charge is 0.161 e. The highest BCUT2D eigenvalue weighted by Gasteiger charge is 2.16. The van der Waals surface area contributed by atoms with E-state index in [4.69, 9.17) is 9.47 Å². The molecule has 0 amide bonds. The molecular weight excluding hydrogens is 296 g/mol. The number of H-pyrrole nitrogens is 1. The lowest BCUT2D eigenvalue weighted by Gasteiger charge is -2.20. The van der Waals surface area contributed by atoms with Crippen LogP contribution in [0, 0.1) is 0 Å². The second kappa shape index (κ2) is 5.02. The van der Waals surface area contributed by atoms with Crippen molar-refractivity contribution >= 4 is 15.9 Å². The molecule has 0 bridgehead atoms. The molecule has 94 valence electrons. The largest absolute Gasteiger partial charge is 0.486 e. The summed E-state index contributed by atoms with van der Waals surface area (Å²) in [6, 6.07) is 6.03. The van der Waals surface area contributed by atoms with E-state index in [9.17, 15) is 0 Å². The molecule has 0 fully saturated rings. The summed E-state index contributed by atoms with van der Waals surface area (Å²) in [7, 11) is 0. The number of ether oxygens (including phenoxy) is 2. The van der Waals surface area contributed by atoms with Crippen molar-refractivity contribution in [3.05, 3.63) is 42.0 Å². The van der Waals surface area contributed by atoms with Crippen molar-refractivity contribution in [1.29, 1.82) is 0 Å². The van der Waals surface area contributed by atoms with Gasteiger partial charge in [-0.2, -0.15) is 0 Å². The molecule has 0 spiro atoms. The van der Waals surface area contributed by atoms with Crippen LogP contribution < -0.4 is 9.47 Å². The van der Waals surface area contributed by atoms with Crippen molar-refractivity contribution in [3.63, 3.8) is 0 Å². The highest BCUT2D eigenvalue weighted by Crippen LogP contribution is 2.35. The van der Waals surface area contributed by atoms with Gasteiger partial charge in [-0.05, 0) is 17.7 Å². The number of alkyl halides is 1. The predicted molar refractivity (Wildman–Crippen MR) is 71.4 cm³/mol. The van der Waals surface area contributed by atoms with Gasteiger partial charge >= 0.3 is 0 Å². The van der Waals surface area contributed by atoms with Gasteiger partial charge in [0, 0.05) is 23.6 Å². The summed E-state index contributed by atoms with van der Waals surface area (Å²) in [6.45, 7) is 1.23. The maximum atomic E-state index is 5.58. The van der Waals surface area contributed by atoms with Crippen LogP contribution in [0.2, 0.25) is 0 Å². The third kappa shape index (κ3) is 2.36. The number of imidazole rings is 1. The van der Waals surface area contributed by atoms with Crippen LogP contribution in [-0.4, -0.2) is 23.2 Å². The molecule has 0 radical (unpaired) electrons. The molecule has 2 heterocycles. The maximum absolute atomic E-state index is 5.58. The number of halogens is 1. The number of benzene rings is 1. The minimum absolute atomic E-state index is 0.208. The number of aromatic amines is 1. The van der Waals surface area contributed by atoms with Gasteiger partial charge in [-0.3, -0.25) is 0 Å². The van der Waals surface area contributed by atoms with Crippen LogP contribution >= 0.6 is 15.9 Å². The molecule has 1 aliphatic rings. The monoisotopic (exact) mass is 308 g/mol. The van der Waals surface area contributed by atoms with E-state index in [2.05, 4.69) is 32.0 Å². The van der Waals surface area contributed by atoms with Gasteiger partial charge < -0.3 is 14.5 Å². The van der Waals surface area contributed by atoms with Gasteiger partial charge in [0.15, 0.2) is 11.5 Å². The lowest BCUT2D eigenvalue weighted by atomic mass is 10.1. The number of rotatable bonds is 3. The number of nitrogens with zero attached hydrogens (tertiary/aromatic N) is 1. The molecule has 1 unspecified atom stereocenters. The molecule has 2 aromatic rings. The van der Waals surface area contributed by atoms with E-state index in [1.54, 1.807) is 6.20 Å². The molecule has 5 heteroatoms. The van der Waals surface area contributed by atoms with Crippen molar-refractivity contribution < 1.29 is 9.47 Å². The zero-order chi connectivity index (χ0) is 12.4. The van der Waals surface area contributed by atoms with Gasteiger partial charge in [0.05, 0.1) is 0 Å². The number of hydrogen-bond donors (Lipinski definition) is 1. The van der Waals surface area contributed by atoms with Crippen molar-refractivity contribution in [2.24, 2.45) is 0 Å². The Kier molecular flexibility index (Phi) is 3.23. The van der Waals surface area contributed by atoms with Crippen LogP contribution in [0.4, 0.5) is 0 Å². The summed E-state index contributed by atoms with van der Waals surface area (Å²) < 4.78 is 11.1. The number of fused-ring (bicyclic) bond motifs is 1. The van der Waals surface area contributed by atoms with Gasteiger partial charge in [0.1, 0.15) is 19.0 Å². The topological polar surface area (TPSA) is 47.1 Å². The summed E-state index contributed by atoms with van der Waals surface area (Å²) in [6.07, 6.45) is 4.41. The molecule has 1 aromatic heterocycles. The molecule has 0 aliphatic carbocycles. The molecule has 0 saturated heterocycles. The Morgan fingerprint density at radius 3 is 2.89 bits per heavy atom. The molecule has 4 nitrogen and oxygen atoms in total. The van der Waals surface area contributed by atoms with E-state index in [0.29, 0.717) is 13.2 Å². The fourth-order valence-corrected chi connectivity index (χ4v) is 2.54. The van der Waals surface area contributed by atoms with Gasteiger partial charge in [0.25, 0.3) is 0 Å². The summed E-state index contributed by atoms with van der Waals surface area (Å²) in [5.41, 5.74) is 1.16. The Hall–Kier alpha value is -1.49. The molecule has 3 rings (SSSR count). The van der Waals surface area contributed by atoms with Crippen LogP contribution in [0.15, 0.2) is 30.6 Å². The third-order valence-corrected chi connectivity index (χ3v) is 3.71. The molecular formula is C13H13BrN2O2. The number of hydrogen-bond acceptors (Lipinski definition) is 3. The number of aromatic nitrogens is 2. The minimum atomic E-state index is 0.208. The van der Waals surface area contributed by atoms with E-state index in [-0.39, 0.29) is 4.83 Å². The molecule has 1 aromatic carbocycles. The van der Waals surface area contributed by atoms with E-state index in [1.807, 2.05) is 18.3 Å². The third-order valence-electron chi connectivity index (χ3n) is 2.86. The number of nitrogens with one attached hydrogen (secondary N) is 1. The normalized spacial score (nSPS) is 15.4. The van der Waals surface area contributed by atoms with Crippen LogP contribution in [0.25, 0.3) is 0 Å². The summed E-state index contributed by atoms with van der Waals surface area (Å²) in [5.74, 6) is 2.61. The van der Waals surface area contributed by atoms with Crippen LogP contribution in [0.1, 0.15) is 16.2 Å². The first-order valence-corrected chi connectivity index (χ1v) is 6.76. The molecule has 18 heavy (non-hydrogen) atoms. The first-order valence-electron chi connectivity index (χ1n) is 5.85.